The molecule has 1 N–H and O–H groups in total. The largest absolute Gasteiger partial charge is 0.507 e. The lowest BCUT2D eigenvalue weighted by Crippen LogP contribution is -2.28. The Balaban J connectivity index is 1.46. The van der Waals surface area contributed by atoms with Gasteiger partial charge in [-0.3, -0.25) is 0 Å². The zero-order valence-electron chi connectivity index (χ0n) is 17.7. The number of hydrogen-bond acceptors (Lipinski definition) is 5. The molecule has 2 fully saturated rings. The van der Waals surface area contributed by atoms with E-state index in [-0.39, 0.29) is 24.1 Å². The van der Waals surface area contributed by atoms with Crippen molar-refractivity contribution in [2.75, 3.05) is 6.61 Å². The van der Waals surface area contributed by atoms with Crippen LogP contribution in [0.3, 0.4) is 0 Å². The Morgan fingerprint density at radius 1 is 1.17 bits per heavy atom. The summed E-state index contributed by atoms with van der Waals surface area (Å²) in [5.74, 6) is 0.842. The fraction of sp³-hybridized carbons (Fsp3) is 0.560. The third kappa shape index (κ3) is 5.13. The molecular formula is C25H32O5. The van der Waals surface area contributed by atoms with E-state index in [1.165, 1.54) is 0 Å². The fourth-order valence-corrected chi connectivity index (χ4v) is 4.42. The number of rotatable bonds is 9. The summed E-state index contributed by atoms with van der Waals surface area (Å²) in [4.78, 5) is 12.9. The fourth-order valence-electron chi connectivity index (χ4n) is 4.42. The first-order valence-corrected chi connectivity index (χ1v) is 11.3. The van der Waals surface area contributed by atoms with E-state index in [9.17, 15) is 9.90 Å². The summed E-state index contributed by atoms with van der Waals surface area (Å²) in [7, 11) is 0. The lowest BCUT2D eigenvalue weighted by Gasteiger charge is -2.27. The molecule has 0 radical (unpaired) electrons. The van der Waals surface area contributed by atoms with Crippen molar-refractivity contribution in [3.8, 4) is 5.75 Å². The van der Waals surface area contributed by atoms with Gasteiger partial charge in [0.2, 0.25) is 0 Å². The summed E-state index contributed by atoms with van der Waals surface area (Å²) in [6.45, 7) is 2.85. The van der Waals surface area contributed by atoms with Crippen LogP contribution in [0.4, 0.5) is 0 Å². The van der Waals surface area contributed by atoms with Gasteiger partial charge in [-0.05, 0) is 56.4 Å². The number of hydrogen-bond donors (Lipinski definition) is 1. The van der Waals surface area contributed by atoms with Gasteiger partial charge in [0.05, 0.1) is 11.7 Å². The summed E-state index contributed by atoms with van der Waals surface area (Å²) in [5.41, 5.74) is 1.03. The van der Waals surface area contributed by atoms with Crippen molar-refractivity contribution >= 4 is 0 Å². The lowest BCUT2D eigenvalue weighted by atomic mass is 9.87. The van der Waals surface area contributed by atoms with Crippen LogP contribution in [0.2, 0.25) is 0 Å². The molecule has 1 saturated heterocycles. The average Bonchev–Trinajstić information content (AvgIpc) is 3.60. The smallest absolute Gasteiger partial charge is 0.343 e. The summed E-state index contributed by atoms with van der Waals surface area (Å²) >= 11 is 0. The topological polar surface area (TPSA) is 68.9 Å². The summed E-state index contributed by atoms with van der Waals surface area (Å²) < 4.78 is 17.4. The molecule has 0 bridgehead atoms. The molecule has 1 aromatic carbocycles. The van der Waals surface area contributed by atoms with Crippen LogP contribution >= 0.6 is 0 Å². The molecule has 3 unspecified atom stereocenters. The molecule has 3 atom stereocenters. The first kappa shape index (κ1) is 21.1. The second-order valence-electron chi connectivity index (χ2n) is 8.53. The van der Waals surface area contributed by atoms with E-state index in [0.29, 0.717) is 23.7 Å². The van der Waals surface area contributed by atoms with Crippen molar-refractivity contribution in [1.82, 2.24) is 0 Å². The third-order valence-electron chi connectivity index (χ3n) is 6.23. The van der Waals surface area contributed by atoms with E-state index >= 15 is 0 Å². The first-order chi connectivity index (χ1) is 14.7. The maximum Gasteiger partial charge on any atom is 0.343 e. The summed E-state index contributed by atoms with van der Waals surface area (Å²) in [6.07, 6.45) is 7.36. The average molecular weight is 413 g/mol. The number of benzene rings is 1. The maximum absolute atomic E-state index is 12.9. The lowest BCUT2D eigenvalue weighted by molar-refractivity contribution is -0.189. The molecule has 162 valence electrons. The molecule has 0 amide bonds. The highest BCUT2D eigenvalue weighted by Crippen LogP contribution is 2.47. The van der Waals surface area contributed by atoms with Gasteiger partial charge in [-0.2, -0.15) is 0 Å². The Hall–Kier alpha value is -2.11. The molecule has 4 rings (SSSR count). The van der Waals surface area contributed by atoms with E-state index in [1.807, 2.05) is 30.3 Å². The zero-order valence-corrected chi connectivity index (χ0v) is 17.7. The van der Waals surface area contributed by atoms with Gasteiger partial charge in [0, 0.05) is 25.0 Å². The molecule has 1 aromatic heterocycles. The summed E-state index contributed by atoms with van der Waals surface area (Å²) in [6, 6.07) is 11.6. The second-order valence-corrected chi connectivity index (χ2v) is 8.53. The van der Waals surface area contributed by atoms with Gasteiger partial charge >= 0.3 is 5.63 Å². The van der Waals surface area contributed by atoms with Gasteiger partial charge in [-0.15, -0.1) is 0 Å². The van der Waals surface area contributed by atoms with Gasteiger partial charge in [0.1, 0.15) is 11.5 Å². The van der Waals surface area contributed by atoms with Crippen LogP contribution in [0.15, 0.2) is 45.6 Å². The highest BCUT2D eigenvalue weighted by atomic mass is 16.7. The Morgan fingerprint density at radius 3 is 2.60 bits per heavy atom. The van der Waals surface area contributed by atoms with Crippen LogP contribution in [0.1, 0.15) is 74.7 Å². The predicted molar refractivity (Wildman–Crippen MR) is 115 cm³/mol. The quantitative estimate of drug-likeness (QED) is 0.617. The zero-order chi connectivity index (χ0) is 20.9. The minimum atomic E-state index is -0.421. The van der Waals surface area contributed by atoms with Gasteiger partial charge in [0.15, 0.2) is 6.29 Å². The molecule has 0 spiro atoms. The van der Waals surface area contributed by atoms with Crippen LogP contribution in [-0.2, 0) is 15.9 Å². The van der Waals surface area contributed by atoms with Crippen molar-refractivity contribution in [2.24, 2.45) is 5.92 Å². The van der Waals surface area contributed by atoms with E-state index < -0.39 is 5.63 Å². The minimum Gasteiger partial charge on any atom is -0.507 e. The molecule has 1 aliphatic heterocycles. The molecule has 2 aliphatic rings. The van der Waals surface area contributed by atoms with E-state index in [2.05, 4.69) is 6.92 Å². The third-order valence-corrected chi connectivity index (χ3v) is 6.23. The Kier molecular flexibility index (Phi) is 6.90. The van der Waals surface area contributed by atoms with Crippen molar-refractivity contribution in [1.29, 1.82) is 0 Å². The van der Waals surface area contributed by atoms with Crippen LogP contribution in [0, 0.1) is 5.92 Å². The van der Waals surface area contributed by atoms with Crippen molar-refractivity contribution in [3.63, 3.8) is 0 Å². The Morgan fingerprint density at radius 2 is 1.97 bits per heavy atom. The van der Waals surface area contributed by atoms with Crippen molar-refractivity contribution in [2.45, 2.75) is 76.6 Å². The van der Waals surface area contributed by atoms with Crippen LogP contribution in [0.25, 0.3) is 0 Å². The SMILES string of the molecule is CCC(CCc1cc(O)c(C(c2ccccc2)C2CC2)c(=O)o1)OC1CCCCO1. The van der Waals surface area contributed by atoms with Gasteiger partial charge in [0.25, 0.3) is 0 Å². The first-order valence-electron chi connectivity index (χ1n) is 11.3. The monoisotopic (exact) mass is 412 g/mol. The van der Waals surface area contributed by atoms with Crippen LogP contribution in [-0.4, -0.2) is 24.1 Å². The second kappa shape index (κ2) is 9.80. The molecule has 5 nitrogen and oxygen atoms in total. The molecule has 1 aliphatic carbocycles. The normalized spacial score (nSPS) is 21.3. The summed E-state index contributed by atoms with van der Waals surface area (Å²) in [5, 5.41) is 10.8. The molecule has 5 heteroatoms. The molecule has 2 aromatic rings. The van der Waals surface area contributed by atoms with Crippen molar-refractivity contribution in [3.05, 3.63) is 63.7 Å². The number of ether oxygens (including phenoxy) is 2. The highest BCUT2D eigenvalue weighted by Gasteiger charge is 2.37. The van der Waals surface area contributed by atoms with Gasteiger partial charge in [-0.25, -0.2) is 4.79 Å². The molecule has 2 heterocycles. The number of aromatic hydroxyl groups is 1. The minimum absolute atomic E-state index is 0.0451. The van der Waals surface area contributed by atoms with E-state index in [1.54, 1.807) is 6.07 Å². The molecule has 30 heavy (non-hydrogen) atoms. The van der Waals surface area contributed by atoms with Crippen molar-refractivity contribution < 1.29 is 19.0 Å². The standard InChI is InChI=1S/C25H32O5/c1-2-19(29-22-10-6-7-15-28-22)13-14-20-16-21(26)24(25(27)30-20)23(18-11-12-18)17-8-4-3-5-9-17/h3-5,8-9,16,18-19,22-23,26H,2,6-7,10-15H2,1H3. The van der Waals surface area contributed by atoms with E-state index in [4.69, 9.17) is 13.9 Å². The van der Waals surface area contributed by atoms with E-state index in [0.717, 1.165) is 57.1 Å². The maximum atomic E-state index is 12.9. The Labute approximate surface area is 178 Å². The van der Waals surface area contributed by atoms with Crippen LogP contribution in [0.5, 0.6) is 5.75 Å². The number of aryl methyl sites for hydroxylation is 1. The van der Waals surface area contributed by atoms with Gasteiger partial charge < -0.3 is 19.0 Å². The molecule has 1 saturated carbocycles. The highest BCUT2D eigenvalue weighted by molar-refractivity contribution is 5.41. The van der Waals surface area contributed by atoms with Crippen LogP contribution < -0.4 is 5.63 Å². The molecular weight excluding hydrogens is 380 g/mol. The van der Waals surface area contributed by atoms with Gasteiger partial charge in [-0.1, -0.05) is 37.3 Å². The predicted octanol–water partition coefficient (Wildman–Crippen LogP) is 5.14. The Bertz CT molecular complexity index is 865.